The maximum absolute atomic E-state index is 15.4. The number of hydrogen-bond acceptors (Lipinski definition) is 6. The van der Waals surface area contributed by atoms with E-state index in [2.05, 4.69) is 35.0 Å². The van der Waals surface area contributed by atoms with Crippen molar-refractivity contribution in [3.05, 3.63) is 46.6 Å². The first kappa shape index (κ1) is 31.4. The molecule has 1 unspecified atom stereocenters. The number of aromatic nitrogens is 4. The predicted octanol–water partition coefficient (Wildman–Crippen LogP) is 4.84. The fourth-order valence-corrected chi connectivity index (χ4v) is 5.44. The van der Waals surface area contributed by atoms with Gasteiger partial charge < -0.3 is 24.4 Å². The highest BCUT2D eigenvalue weighted by Crippen LogP contribution is 2.34. The van der Waals surface area contributed by atoms with Crippen molar-refractivity contribution in [3.63, 3.8) is 0 Å². The van der Waals surface area contributed by atoms with Gasteiger partial charge in [0.15, 0.2) is 5.65 Å². The van der Waals surface area contributed by atoms with E-state index in [0.717, 1.165) is 25.0 Å². The standard InChI is InChI=1S/C26H34F5N7O3Si/c1-35-14-18(26(29,30)31)11-20(23(35)39)34-24(40)36(2)21-6-7-37(15-25(21,27)28)19-10-17-12-33-38(22(17)32-13-19)16-41-8-9-42(3,4)5/h10-14,21H,6-9,15-16H2,1-5H3,(H,34,40). The Morgan fingerprint density at radius 3 is 2.60 bits per heavy atom. The van der Waals surface area contributed by atoms with E-state index in [4.69, 9.17) is 4.74 Å². The molecule has 230 valence electrons. The van der Waals surface area contributed by atoms with Gasteiger partial charge in [-0.3, -0.25) is 4.79 Å². The number of nitrogens with one attached hydrogen (secondary N) is 1. The molecule has 0 spiro atoms. The lowest BCUT2D eigenvalue weighted by atomic mass is 9.99. The van der Waals surface area contributed by atoms with E-state index < -0.39 is 55.6 Å². The number of pyridine rings is 2. The Bertz CT molecular complexity index is 1500. The Morgan fingerprint density at radius 2 is 1.95 bits per heavy atom. The summed E-state index contributed by atoms with van der Waals surface area (Å²) in [6, 6.07) is 0.529. The van der Waals surface area contributed by atoms with Crippen molar-refractivity contribution in [3.8, 4) is 0 Å². The predicted molar refractivity (Wildman–Crippen MR) is 151 cm³/mol. The van der Waals surface area contributed by atoms with Gasteiger partial charge in [-0.15, -0.1) is 0 Å². The second kappa shape index (κ2) is 11.6. The zero-order valence-electron chi connectivity index (χ0n) is 24.0. The van der Waals surface area contributed by atoms with Crippen LogP contribution in [0.5, 0.6) is 0 Å². The van der Waals surface area contributed by atoms with Crippen LogP contribution < -0.4 is 15.8 Å². The van der Waals surface area contributed by atoms with Gasteiger partial charge >= 0.3 is 12.2 Å². The van der Waals surface area contributed by atoms with Crippen molar-refractivity contribution in [2.45, 2.75) is 57.0 Å². The number of carbonyl (C=O) groups excluding carboxylic acids is 1. The highest BCUT2D eigenvalue weighted by molar-refractivity contribution is 6.76. The Balaban J connectivity index is 1.42. The molecular formula is C26H34F5N7O3Si. The van der Waals surface area contributed by atoms with Gasteiger partial charge in [-0.25, -0.2) is 23.2 Å². The van der Waals surface area contributed by atoms with E-state index in [1.165, 1.54) is 11.1 Å². The number of anilines is 2. The van der Waals surface area contributed by atoms with Crippen molar-refractivity contribution < 1.29 is 31.5 Å². The number of piperidine rings is 1. The van der Waals surface area contributed by atoms with Crippen LogP contribution in [0.25, 0.3) is 11.0 Å². The molecule has 0 bridgehead atoms. The van der Waals surface area contributed by atoms with Gasteiger partial charge in [-0.1, -0.05) is 19.6 Å². The molecule has 0 aliphatic carbocycles. The van der Waals surface area contributed by atoms with Crippen LogP contribution in [0.3, 0.4) is 0 Å². The summed E-state index contributed by atoms with van der Waals surface area (Å²) in [5.41, 5.74) is -1.71. The third-order valence-electron chi connectivity index (χ3n) is 7.14. The second-order valence-electron chi connectivity index (χ2n) is 11.7. The van der Waals surface area contributed by atoms with E-state index in [1.54, 1.807) is 16.9 Å². The third kappa shape index (κ3) is 7.08. The van der Waals surface area contributed by atoms with Gasteiger partial charge in [-0.05, 0) is 24.6 Å². The molecule has 3 aromatic heterocycles. The normalized spacial score (nSPS) is 17.5. The molecule has 16 heteroatoms. The van der Waals surface area contributed by atoms with Gasteiger partial charge in [0, 0.05) is 46.9 Å². The maximum atomic E-state index is 15.4. The number of halogens is 5. The van der Waals surface area contributed by atoms with Crippen molar-refractivity contribution in [1.82, 2.24) is 24.2 Å². The maximum Gasteiger partial charge on any atom is 0.417 e. The first-order valence-electron chi connectivity index (χ1n) is 13.3. The minimum atomic E-state index is -4.77. The highest BCUT2D eigenvalue weighted by atomic mass is 28.3. The van der Waals surface area contributed by atoms with Crippen LogP contribution in [0.2, 0.25) is 25.7 Å². The van der Waals surface area contributed by atoms with Gasteiger partial charge in [0.2, 0.25) is 0 Å². The lowest BCUT2D eigenvalue weighted by Crippen LogP contribution is -2.59. The first-order valence-corrected chi connectivity index (χ1v) is 17.0. The van der Waals surface area contributed by atoms with Crippen LogP contribution in [0.4, 0.5) is 38.1 Å². The van der Waals surface area contributed by atoms with Crippen molar-refractivity contribution in [2.75, 3.05) is 37.0 Å². The second-order valence-corrected chi connectivity index (χ2v) is 17.3. The summed E-state index contributed by atoms with van der Waals surface area (Å²) in [4.78, 5) is 31.7. The molecule has 0 radical (unpaired) electrons. The number of carbonyl (C=O) groups is 1. The quantitative estimate of drug-likeness (QED) is 0.221. The minimum absolute atomic E-state index is 0.139. The zero-order valence-corrected chi connectivity index (χ0v) is 25.0. The number of alkyl halides is 5. The number of aryl methyl sites for hydroxylation is 1. The molecule has 1 saturated heterocycles. The Hall–Kier alpha value is -3.53. The SMILES string of the molecule is CN(C(=O)Nc1cc(C(F)(F)F)cn(C)c1=O)C1CCN(c2cnc3c(cnn3COCC[Si](C)(C)C)c2)CC1(F)F. The summed E-state index contributed by atoms with van der Waals surface area (Å²) in [7, 11) is 0.985. The number of hydrogen-bond donors (Lipinski definition) is 1. The van der Waals surface area contributed by atoms with E-state index in [1.807, 2.05) is 0 Å². The van der Waals surface area contributed by atoms with E-state index >= 15 is 8.78 Å². The van der Waals surface area contributed by atoms with Gasteiger partial charge in [-0.2, -0.15) is 18.3 Å². The molecule has 0 aromatic carbocycles. The van der Waals surface area contributed by atoms with Gasteiger partial charge in [0.05, 0.1) is 30.2 Å². The van der Waals surface area contributed by atoms with Crippen LogP contribution in [0.1, 0.15) is 12.0 Å². The van der Waals surface area contributed by atoms with E-state index in [9.17, 15) is 22.8 Å². The summed E-state index contributed by atoms with van der Waals surface area (Å²) in [5.74, 6) is -3.38. The van der Waals surface area contributed by atoms with Crippen LogP contribution >= 0.6 is 0 Å². The molecule has 0 saturated carbocycles. The number of urea groups is 1. The summed E-state index contributed by atoms with van der Waals surface area (Å²) in [5, 5.41) is 7.03. The van der Waals surface area contributed by atoms with E-state index in [0.29, 0.717) is 40.2 Å². The zero-order chi connectivity index (χ0) is 31.0. The fourth-order valence-electron chi connectivity index (χ4n) is 4.68. The topological polar surface area (TPSA) is 97.5 Å². The lowest BCUT2D eigenvalue weighted by molar-refractivity contribution is -0.138. The number of fused-ring (bicyclic) bond motifs is 1. The number of rotatable bonds is 8. The highest BCUT2D eigenvalue weighted by Gasteiger charge is 2.48. The van der Waals surface area contributed by atoms with Crippen LogP contribution in [-0.2, 0) is 24.7 Å². The summed E-state index contributed by atoms with van der Waals surface area (Å²) >= 11 is 0. The number of ether oxygens (including phenoxy) is 1. The largest absolute Gasteiger partial charge is 0.417 e. The Morgan fingerprint density at radius 1 is 1.24 bits per heavy atom. The van der Waals surface area contributed by atoms with Gasteiger partial charge in [0.25, 0.3) is 11.5 Å². The van der Waals surface area contributed by atoms with E-state index in [-0.39, 0.29) is 19.7 Å². The van der Waals surface area contributed by atoms with Crippen LogP contribution in [-0.4, -0.2) is 77.0 Å². The fraction of sp³-hybridized carbons (Fsp3) is 0.538. The summed E-state index contributed by atoms with van der Waals surface area (Å²) in [6.07, 6.45) is -1.24. The average Bonchev–Trinajstić information content (AvgIpc) is 3.29. The monoisotopic (exact) mass is 615 g/mol. The molecule has 4 rings (SSSR count). The smallest absolute Gasteiger partial charge is 0.364 e. The number of amides is 2. The molecule has 42 heavy (non-hydrogen) atoms. The van der Waals surface area contributed by atoms with Gasteiger partial charge in [0.1, 0.15) is 18.5 Å². The molecule has 3 aromatic rings. The van der Waals surface area contributed by atoms with Crippen LogP contribution in [0.15, 0.2) is 35.5 Å². The molecular weight excluding hydrogens is 581 g/mol. The third-order valence-corrected chi connectivity index (χ3v) is 8.84. The molecule has 10 nitrogen and oxygen atoms in total. The molecule has 1 atom stereocenters. The van der Waals surface area contributed by atoms with Crippen LogP contribution in [0, 0.1) is 0 Å². The average molecular weight is 616 g/mol. The molecule has 4 heterocycles. The minimum Gasteiger partial charge on any atom is -0.364 e. The van der Waals surface area contributed by atoms with Crippen molar-refractivity contribution in [2.24, 2.45) is 7.05 Å². The Kier molecular flexibility index (Phi) is 8.69. The summed E-state index contributed by atoms with van der Waals surface area (Å²) < 4.78 is 78.3. The molecule has 1 aliphatic rings. The molecule has 1 aliphatic heterocycles. The molecule has 1 fully saturated rings. The molecule has 1 N–H and O–H groups in total. The first-order chi connectivity index (χ1) is 19.5. The lowest BCUT2D eigenvalue weighted by Gasteiger charge is -2.42. The Labute approximate surface area is 240 Å². The number of nitrogens with zero attached hydrogens (tertiary/aromatic N) is 6. The van der Waals surface area contributed by atoms with Crippen molar-refractivity contribution in [1.29, 1.82) is 0 Å². The van der Waals surface area contributed by atoms with Crippen molar-refractivity contribution >= 4 is 36.5 Å². The molecule has 2 amide bonds. The summed E-state index contributed by atoms with van der Waals surface area (Å²) in [6.45, 7) is 7.04.